The Morgan fingerprint density at radius 2 is 2.18 bits per heavy atom. The van der Waals surface area contributed by atoms with Gasteiger partial charge in [-0.25, -0.2) is 0 Å². The summed E-state index contributed by atoms with van der Waals surface area (Å²) < 4.78 is 5.46. The normalized spacial score (nSPS) is 18.2. The topological polar surface area (TPSA) is 59.2 Å². The Morgan fingerprint density at radius 1 is 1.32 bits per heavy atom. The second-order valence-electron chi connectivity index (χ2n) is 7.39. The van der Waals surface area contributed by atoms with Crippen molar-refractivity contribution in [3.8, 4) is 11.4 Å². The van der Waals surface area contributed by atoms with Crippen molar-refractivity contribution in [3.05, 3.63) is 58.6 Å². The molecule has 5 nitrogen and oxygen atoms in total. The van der Waals surface area contributed by atoms with E-state index in [1.165, 1.54) is 0 Å². The lowest BCUT2D eigenvalue weighted by atomic mass is 9.91. The lowest BCUT2D eigenvalue weighted by Gasteiger charge is -2.34. The third-order valence-electron chi connectivity index (χ3n) is 5.45. The summed E-state index contributed by atoms with van der Waals surface area (Å²) in [7, 11) is 0. The number of hydrogen-bond acceptors (Lipinski definition) is 5. The van der Waals surface area contributed by atoms with Gasteiger partial charge in [0.15, 0.2) is 0 Å². The van der Waals surface area contributed by atoms with Crippen LogP contribution in [0.3, 0.4) is 0 Å². The first kappa shape index (κ1) is 18.9. The molecule has 1 aliphatic rings. The molecule has 1 aliphatic heterocycles. The first-order valence-electron chi connectivity index (χ1n) is 9.93. The number of carbonyl (C=O) groups is 1. The molecule has 28 heavy (non-hydrogen) atoms. The molecule has 0 saturated carbocycles. The molecule has 2 unspecified atom stereocenters. The Balaban J connectivity index is 1.41. The molecule has 1 amide bonds. The fourth-order valence-corrected chi connectivity index (χ4v) is 4.62. The average molecular weight is 396 g/mol. The lowest BCUT2D eigenvalue weighted by molar-refractivity contribution is -0.134. The Labute approximate surface area is 169 Å². The minimum atomic E-state index is -0.0615. The van der Waals surface area contributed by atoms with Crippen LogP contribution in [0.15, 0.2) is 51.7 Å². The van der Waals surface area contributed by atoms with E-state index in [1.807, 2.05) is 39.9 Å². The van der Waals surface area contributed by atoms with Gasteiger partial charge in [0.05, 0.1) is 5.92 Å². The zero-order chi connectivity index (χ0) is 19.3. The number of amides is 1. The van der Waals surface area contributed by atoms with Crippen molar-refractivity contribution in [1.82, 2.24) is 15.0 Å². The molecule has 3 aromatic rings. The molecule has 146 valence electrons. The third kappa shape index (κ3) is 4.17. The number of benzene rings is 1. The molecule has 0 aliphatic carbocycles. The van der Waals surface area contributed by atoms with Crippen LogP contribution in [-0.4, -0.2) is 34.0 Å². The van der Waals surface area contributed by atoms with Gasteiger partial charge in [-0.1, -0.05) is 42.4 Å². The lowest BCUT2D eigenvalue weighted by Crippen LogP contribution is -2.42. The number of nitrogens with zero attached hydrogens (tertiary/aromatic N) is 3. The van der Waals surface area contributed by atoms with E-state index in [0.29, 0.717) is 17.6 Å². The fourth-order valence-electron chi connectivity index (χ4n) is 3.98. The molecule has 1 aromatic carbocycles. The van der Waals surface area contributed by atoms with E-state index in [2.05, 4.69) is 29.2 Å². The zero-order valence-corrected chi connectivity index (χ0v) is 16.9. The Kier molecular flexibility index (Phi) is 5.86. The zero-order valence-electron chi connectivity index (χ0n) is 16.1. The summed E-state index contributed by atoms with van der Waals surface area (Å²) in [4.78, 5) is 19.7. The predicted octanol–water partition coefficient (Wildman–Crippen LogP) is 4.77. The highest BCUT2D eigenvalue weighted by atomic mass is 32.1. The molecule has 1 saturated heterocycles. The SMILES string of the molecule is CCC(C(=O)N1CCCC(Cc2nc(-c3ccsc3)no2)C1)c1ccccc1. The van der Waals surface area contributed by atoms with E-state index in [4.69, 9.17) is 4.52 Å². The molecular formula is C22H25N3O2S. The summed E-state index contributed by atoms with van der Waals surface area (Å²) in [6, 6.07) is 12.1. The molecule has 0 radical (unpaired) electrons. The van der Waals surface area contributed by atoms with Crippen molar-refractivity contribution in [1.29, 1.82) is 0 Å². The maximum absolute atomic E-state index is 13.2. The number of thiophene rings is 1. The number of likely N-dealkylation sites (tertiary alicyclic amines) is 1. The van der Waals surface area contributed by atoms with E-state index in [9.17, 15) is 4.79 Å². The van der Waals surface area contributed by atoms with Gasteiger partial charge in [0, 0.05) is 30.5 Å². The maximum Gasteiger partial charge on any atom is 0.230 e. The minimum Gasteiger partial charge on any atom is -0.342 e. The number of rotatable bonds is 6. The number of hydrogen-bond donors (Lipinski definition) is 0. The first-order valence-corrected chi connectivity index (χ1v) is 10.9. The molecule has 1 fully saturated rings. The van der Waals surface area contributed by atoms with Crippen LogP contribution in [-0.2, 0) is 11.2 Å². The summed E-state index contributed by atoms with van der Waals surface area (Å²) >= 11 is 1.62. The molecule has 0 N–H and O–H groups in total. The van der Waals surface area contributed by atoms with Crippen LogP contribution in [0.1, 0.15) is 43.6 Å². The Bertz CT molecular complexity index is 892. The third-order valence-corrected chi connectivity index (χ3v) is 6.13. The van der Waals surface area contributed by atoms with Crippen LogP contribution in [0.25, 0.3) is 11.4 Å². The summed E-state index contributed by atoms with van der Waals surface area (Å²) in [5, 5.41) is 8.12. The second kappa shape index (κ2) is 8.69. The standard InChI is InChI=1S/C22H25N3O2S/c1-2-19(17-8-4-3-5-9-17)22(26)25-11-6-7-16(14-25)13-20-23-21(24-27-20)18-10-12-28-15-18/h3-5,8-10,12,15-16,19H,2,6-7,11,13-14H2,1H3. The molecule has 3 heterocycles. The molecule has 4 rings (SSSR count). The van der Waals surface area contributed by atoms with Gasteiger partial charge in [-0.2, -0.15) is 16.3 Å². The summed E-state index contributed by atoms with van der Waals surface area (Å²) in [5.41, 5.74) is 2.10. The van der Waals surface area contributed by atoms with Crippen LogP contribution >= 0.6 is 11.3 Å². The summed E-state index contributed by atoms with van der Waals surface area (Å²) in [5.74, 6) is 1.85. The van der Waals surface area contributed by atoms with Gasteiger partial charge >= 0.3 is 0 Å². The number of carbonyl (C=O) groups excluding carboxylic acids is 1. The van der Waals surface area contributed by atoms with Crippen molar-refractivity contribution in [3.63, 3.8) is 0 Å². The second-order valence-corrected chi connectivity index (χ2v) is 8.17. The van der Waals surface area contributed by atoms with E-state index in [-0.39, 0.29) is 11.8 Å². The van der Waals surface area contributed by atoms with Crippen LogP contribution in [0.4, 0.5) is 0 Å². The monoisotopic (exact) mass is 395 g/mol. The van der Waals surface area contributed by atoms with Crippen LogP contribution in [0, 0.1) is 5.92 Å². The number of piperidine rings is 1. The fraction of sp³-hybridized carbons (Fsp3) is 0.409. The van der Waals surface area contributed by atoms with Gasteiger partial charge in [-0.3, -0.25) is 4.79 Å². The molecule has 2 atom stereocenters. The predicted molar refractivity (Wildman–Crippen MR) is 110 cm³/mol. The number of aromatic nitrogens is 2. The largest absolute Gasteiger partial charge is 0.342 e. The van der Waals surface area contributed by atoms with Crippen LogP contribution in [0.2, 0.25) is 0 Å². The molecule has 0 bridgehead atoms. The quantitative estimate of drug-likeness (QED) is 0.603. The van der Waals surface area contributed by atoms with E-state index >= 15 is 0 Å². The van der Waals surface area contributed by atoms with Gasteiger partial charge in [-0.05, 0) is 42.2 Å². The average Bonchev–Trinajstić information content (AvgIpc) is 3.41. The van der Waals surface area contributed by atoms with Crippen LogP contribution in [0.5, 0.6) is 0 Å². The van der Waals surface area contributed by atoms with Gasteiger partial charge in [0.2, 0.25) is 17.6 Å². The van der Waals surface area contributed by atoms with Crippen LogP contribution < -0.4 is 0 Å². The molecule has 2 aromatic heterocycles. The van der Waals surface area contributed by atoms with Crippen molar-refractivity contribution in [2.24, 2.45) is 5.92 Å². The smallest absolute Gasteiger partial charge is 0.230 e. The van der Waals surface area contributed by atoms with Crippen molar-refractivity contribution >= 4 is 17.2 Å². The highest BCUT2D eigenvalue weighted by Gasteiger charge is 2.29. The van der Waals surface area contributed by atoms with E-state index < -0.39 is 0 Å². The first-order chi connectivity index (χ1) is 13.7. The minimum absolute atomic E-state index is 0.0615. The Hall–Kier alpha value is -2.47. The van der Waals surface area contributed by atoms with E-state index in [1.54, 1.807) is 11.3 Å². The van der Waals surface area contributed by atoms with E-state index in [0.717, 1.165) is 49.9 Å². The highest BCUT2D eigenvalue weighted by molar-refractivity contribution is 7.08. The molecule has 0 spiro atoms. The van der Waals surface area contributed by atoms with Crippen molar-refractivity contribution < 1.29 is 9.32 Å². The van der Waals surface area contributed by atoms with Gasteiger partial charge < -0.3 is 9.42 Å². The van der Waals surface area contributed by atoms with Gasteiger partial charge in [0.25, 0.3) is 0 Å². The Morgan fingerprint density at radius 3 is 2.93 bits per heavy atom. The summed E-state index contributed by atoms with van der Waals surface area (Å²) in [6.45, 7) is 3.68. The highest BCUT2D eigenvalue weighted by Crippen LogP contribution is 2.27. The maximum atomic E-state index is 13.2. The molecule has 6 heteroatoms. The molecular weight excluding hydrogens is 370 g/mol. The van der Waals surface area contributed by atoms with Crippen molar-refractivity contribution in [2.75, 3.05) is 13.1 Å². The summed E-state index contributed by atoms with van der Waals surface area (Å²) in [6.07, 6.45) is 3.65. The van der Waals surface area contributed by atoms with Gasteiger partial charge in [0.1, 0.15) is 0 Å². The van der Waals surface area contributed by atoms with Crippen molar-refractivity contribution in [2.45, 2.75) is 38.5 Å². The van der Waals surface area contributed by atoms with Gasteiger partial charge in [-0.15, -0.1) is 0 Å².